The van der Waals surface area contributed by atoms with Crippen molar-refractivity contribution in [3.8, 4) is 5.75 Å². The number of carboxylic acid groups (broad SMARTS) is 1. The van der Waals surface area contributed by atoms with Gasteiger partial charge in [-0.2, -0.15) is 0 Å². The number of carbonyl (C=O) groups excluding carboxylic acids is 1. The number of nitrogens with one attached hydrogen (secondary N) is 1. The molecule has 1 aromatic carbocycles. The first-order chi connectivity index (χ1) is 9.04. The number of carbonyl (C=O) groups is 2. The highest BCUT2D eigenvalue weighted by Gasteiger charge is 2.23. The number of nitrogens with zero attached hydrogens (tertiary/aromatic N) is 1. The molecule has 0 amide bonds. The number of hydrogen-bond donors (Lipinski definition) is 2. The summed E-state index contributed by atoms with van der Waals surface area (Å²) in [4.78, 5) is 29.4. The van der Waals surface area contributed by atoms with E-state index in [9.17, 15) is 9.59 Å². The molecule has 0 aliphatic carbocycles. The molecular weight excluding hydrogens is 272 g/mol. The van der Waals surface area contributed by atoms with Crippen LogP contribution in [0.3, 0.4) is 0 Å². The minimum Gasteiger partial charge on any atom is -0.496 e. The number of methoxy groups -OCH3 is 1. The van der Waals surface area contributed by atoms with Crippen LogP contribution in [0.1, 0.15) is 26.5 Å². The second-order valence-electron chi connectivity index (χ2n) is 3.61. The van der Waals surface area contributed by atoms with E-state index >= 15 is 0 Å². The number of ether oxygens (including phenoxy) is 1. The summed E-state index contributed by atoms with van der Waals surface area (Å²) in [5.41, 5.74) is -0.301. The minimum absolute atomic E-state index is 0.157. The fraction of sp³-hybridized carbons (Fsp3) is 0.0833. The van der Waals surface area contributed by atoms with E-state index in [1.54, 1.807) is 6.07 Å². The zero-order chi connectivity index (χ0) is 14.0. The SMILES string of the molecule is COc1ccc(Cl)cc1C(=O)c1nc[nH]c1C(=O)O. The summed E-state index contributed by atoms with van der Waals surface area (Å²) < 4.78 is 5.05. The number of halogens is 1. The Balaban J connectivity index is 2.52. The van der Waals surface area contributed by atoms with Gasteiger partial charge < -0.3 is 14.8 Å². The van der Waals surface area contributed by atoms with Gasteiger partial charge in [0.05, 0.1) is 19.0 Å². The Morgan fingerprint density at radius 1 is 1.42 bits per heavy atom. The molecule has 0 aliphatic heterocycles. The van der Waals surface area contributed by atoms with Gasteiger partial charge in [0.25, 0.3) is 0 Å². The molecule has 0 aliphatic rings. The van der Waals surface area contributed by atoms with Gasteiger partial charge in [-0.25, -0.2) is 9.78 Å². The molecule has 19 heavy (non-hydrogen) atoms. The van der Waals surface area contributed by atoms with Gasteiger partial charge in [0.2, 0.25) is 5.78 Å². The Morgan fingerprint density at radius 3 is 2.79 bits per heavy atom. The standard InChI is InChI=1S/C12H9ClN2O4/c1-19-8-3-2-6(13)4-7(8)11(16)9-10(12(17)18)15-5-14-9/h2-5H,1H3,(H,14,15)(H,17,18). The van der Waals surface area contributed by atoms with Crippen LogP contribution in [-0.2, 0) is 0 Å². The third kappa shape index (κ3) is 2.43. The lowest BCUT2D eigenvalue weighted by molar-refractivity contribution is 0.0687. The number of rotatable bonds is 4. The molecule has 2 aromatic rings. The first-order valence-corrected chi connectivity index (χ1v) is 5.57. The van der Waals surface area contributed by atoms with Gasteiger partial charge in [0.1, 0.15) is 11.4 Å². The number of aromatic amines is 1. The van der Waals surface area contributed by atoms with Crippen molar-refractivity contribution in [3.05, 3.63) is 46.5 Å². The fourth-order valence-corrected chi connectivity index (χ4v) is 1.79. The Labute approximate surface area is 113 Å². The number of ketones is 1. The zero-order valence-electron chi connectivity index (χ0n) is 9.81. The average Bonchev–Trinajstić information content (AvgIpc) is 2.87. The molecule has 7 heteroatoms. The predicted molar refractivity (Wildman–Crippen MR) is 67.0 cm³/mol. The first kappa shape index (κ1) is 13.1. The molecule has 98 valence electrons. The Hall–Kier alpha value is -2.34. The molecule has 0 atom stereocenters. The monoisotopic (exact) mass is 280 g/mol. The summed E-state index contributed by atoms with van der Waals surface area (Å²) in [6, 6.07) is 4.51. The van der Waals surface area contributed by atoms with Crippen LogP contribution in [-0.4, -0.2) is 33.9 Å². The van der Waals surface area contributed by atoms with Gasteiger partial charge in [0.15, 0.2) is 5.69 Å². The van der Waals surface area contributed by atoms with Crippen LogP contribution in [0.2, 0.25) is 5.02 Å². The summed E-state index contributed by atoms with van der Waals surface area (Å²) in [5, 5.41) is 9.29. The van der Waals surface area contributed by atoms with Crippen molar-refractivity contribution < 1.29 is 19.4 Å². The van der Waals surface area contributed by atoms with E-state index in [1.165, 1.54) is 19.2 Å². The Kier molecular flexibility index (Phi) is 3.52. The van der Waals surface area contributed by atoms with Crippen molar-refractivity contribution in [1.82, 2.24) is 9.97 Å². The smallest absolute Gasteiger partial charge is 0.354 e. The summed E-state index contributed by atoms with van der Waals surface area (Å²) in [6.45, 7) is 0. The van der Waals surface area contributed by atoms with Gasteiger partial charge in [-0.15, -0.1) is 0 Å². The number of aromatic nitrogens is 2. The summed E-state index contributed by atoms with van der Waals surface area (Å²) in [6.07, 6.45) is 1.15. The van der Waals surface area contributed by atoms with Crippen molar-refractivity contribution in [3.63, 3.8) is 0 Å². The highest BCUT2D eigenvalue weighted by molar-refractivity contribution is 6.31. The minimum atomic E-state index is -1.26. The molecule has 1 heterocycles. The number of benzene rings is 1. The number of hydrogen-bond acceptors (Lipinski definition) is 4. The maximum absolute atomic E-state index is 12.3. The topological polar surface area (TPSA) is 92.3 Å². The maximum Gasteiger partial charge on any atom is 0.354 e. The van der Waals surface area contributed by atoms with Gasteiger partial charge in [-0.1, -0.05) is 11.6 Å². The largest absolute Gasteiger partial charge is 0.496 e. The molecule has 6 nitrogen and oxygen atoms in total. The maximum atomic E-state index is 12.3. The highest BCUT2D eigenvalue weighted by atomic mass is 35.5. The molecular formula is C12H9ClN2O4. The van der Waals surface area contributed by atoms with E-state index in [-0.39, 0.29) is 17.0 Å². The number of aromatic carboxylic acids is 1. The van der Waals surface area contributed by atoms with E-state index in [0.717, 1.165) is 6.33 Å². The fourth-order valence-electron chi connectivity index (χ4n) is 1.61. The lowest BCUT2D eigenvalue weighted by Gasteiger charge is -2.07. The van der Waals surface area contributed by atoms with Crippen molar-refractivity contribution in [2.75, 3.05) is 7.11 Å². The van der Waals surface area contributed by atoms with E-state index in [2.05, 4.69) is 9.97 Å². The zero-order valence-corrected chi connectivity index (χ0v) is 10.6. The molecule has 0 unspecified atom stereocenters. The van der Waals surface area contributed by atoms with Crippen LogP contribution in [0, 0.1) is 0 Å². The number of H-pyrrole nitrogens is 1. The number of imidazole rings is 1. The second kappa shape index (κ2) is 5.11. The third-order valence-corrected chi connectivity index (χ3v) is 2.71. The normalized spacial score (nSPS) is 10.2. The van der Waals surface area contributed by atoms with Crippen molar-refractivity contribution in [1.29, 1.82) is 0 Å². The van der Waals surface area contributed by atoms with E-state index in [0.29, 0.717) is 10.8 Å². The molecule has 0 bridgehead atoms. The lowest BCUT2D eigenvalue weighted by Crippen LogP contribution is -2.10. The number of carboxylic acids is 1. The van der Waals surface area contributed by atoms with E-state index in [1.807, 2.05) is 0 Å². The van der Waals surface area contributed by atoms with Crippen LogP contribution in [0.15, 0.2) is 24.5 Å². The molecule has 0 saturated heterocycles. The lowest BCUT2D eigenvalue weighted by atomic mass is 10.1. The molecule has 2 rings (SSSR count). The molecule has 0 spiro atoms. The predicted octanol–water partition coefficient (Wildman–Crippen LogP) is 2.00. The van der Waals surface area contributed by atoms with Crippen LogP contribution >= 0.6 is 11.6 Å². The molecule has 0 saturated carbocycles. The van der Waals surface area contributed by atoms with Gasteiger partial charge >= 0.3 is 5.97 Å². The second-order valence-corrected chi connectivity index (χ2v) is 4.04. The van der Waals surface area contributed by atoms with Gasteiger partial charge in [-0.3, -0.25) is 4.79 Å². The van der Waals surface area contributed by atoms with Crippen LogP contribution in [0.25, 0.3) is 0 Å². The van der Waals surface area contributed by atoms with Crippen LogP contribution < -0.4 is 4.74 Å². The third-order valence-electron chi connectivity index (χ3n) is 2.47. The van der Waals surface area contributed by atoms with Crippen LogP contribution in [0.5, 0.6) is 5.75 Å². The molecule has 0 radical (unpaired) electrons. The molecule has 0 fully saturated rings. The van der Waals surface area contributed by atoms with E-state index in [4.69, 9.17) is 21.4 Å². The van der Waals surface area contributed by atoms with E-state index < -0.39 is 11.8 Å². The Bertz CT molecular complexity index is 651. The molecule has 1 aromatic heterocycles. The average molecular weight is 281 g/mol. The molecule has 2 N–H and O–H groups in total. The summed E-state index contributed by atoms with van der Waals surface area (Å²) in [7, 11) is 1.41. The van der Waals surface area contributed by atoms with Gasteiger partial charge in [0, 0.05) is 5.02 Å². The van der Waals surface area contributed by atoms with Crippen molar-refractivity contribution in [2.24, 2.45) is 0 Å². The van der Waals surface area contributed by atoms with Crippen molar-refractivity contribution >= 4 is 23.4 Å². The van der Waals surface area contributed by atoms with Crippen molar-refractivity contribution in [2.45, 2.75) is 0 Å². The summed E-state index contributed by atoms with van der Waals surface area (Å²) >= 11 is 5.83. The first-order valence-electron chi connectivity index (χ1n) is 5.19. The quantitative estimate of drug-likeness (QED) is 0.836. The Morgan fingerprint density at radius 2 is 2.16 bits per heavy atom. The van der Waals surface area contributed by atoms with Gasteiger partial charge in [-0.05, 0) is 18.2 Å². The summed E-state index contributed by atoms with van der Waals surface area (Å²) in [5.74, 6) is -1.53. The highest BCUT2D eigenvalue weighted by Crippen LogP contribution is 2.25. The van der Waals surface area contributed by atoms with Crippen LogP contribution in [0.4, 0.5) is 0 Å².